The van der Waals surface area contributed by atoms with Crippen LogP contribution < -0.4 is 0 Å². The van der Waals surface area contributed by atoms with E-state index in [1.165, 1.54) is 4.57 Å². The number of aryl methyl sites for hydroxylation is 1. The van der Waals surface area contributed by atoms with Gasteiger partial charge in [0, 0.05) is 18.9 Å². The second-order valence-electron chi connectivity index (χ2n) is 5.23. The number of hydrogen-bond acceptors (Lipinski definition) is 2. The number of rotatable bonds is 5. The van der Waals surface area contributed by atoms with Gasteiger partial charge in [-0.25, -0.2) is 4.79 Å². The molecule has 0 aliphatic heterocycles. The molecular formula is C13H15F3N2O2. The van der Waals surface area contributed by atoms with Crippen LogP contribution in [0.2, 0.25) is 0 Å². The fourth-order valence-corrected chi connectivity index (χ4v) is 1.79. The Kier molecular flexibility index (Phi) is 4.48. The Morgan fingerprint density at radius 1 is 1.40 bits per heavy atom. The van der Waals surface area contributed by atoms with Gasteiger partial charge in [-0.3, -0.25) is 0 Å². The Balaban J connectivity index is 2.84. The SMILES string of the molecule is CC(C)(C#N)CCCn1cc(C(=O)O)c(C(F)(F)F)c1. The molecule has 1 N–H and O–H groups in total. The van der Waals surface area contributed by atoms with Gasteiger partial charge in [-0.05, 0) is 26.7 Å². The van der Waals surface area contributed by atoms with E-state index in [0.29, 0.717) is 12.8 Å². The van der Waals surface area contributed by atoms with Gasteiger partial charge in [-0.1, -0.05) is 0 Å². The predicted molar refractivity (Wildman–Crippen MR) is 65.0 cm³/mol. The van der Waals surface area contributed by atoms with E-state index in [0.717, 1.165) is 12.4 Å². The van der Waals surface area contributed by atoms with Crippen molar-refractivity contribution < 1.29 is 23.1 Å². The van der Waals surface area contributed by atoms with E-state index in [-0.39, 0.29) is 6.54 Å². The standard InChI is InChI=1S/C13H15F3N2O2/c1-12(2,8-17)4-3-5-18-6-9(11(19)20)10(7-18)13(14,15)16/h6-7H,3-5H2,1-2H3,(H,19,20). The van der Waals surface area contributed by atoms with Crippen molar-refractivity contribution in [3.05, 3.63) is 23.5 Å². The van der Waals surface area contributed by atoms with Crippen LogP contribution in [0.25, 0.3) is 0 Å². The molecule has 0 aliphatic carbocycles. The van der Waals surface area contributed by atoms with Gasteiger partial charge in [0.1, 0.15) is 0 Å². The van der Waals surface area contributed by atoms with Crippen molar-refractivity contribution in [2.45, 2.75) is 39.4 Å². The van der Waals surface area contributed by atoms with Gasteiger partial charge >= 0.3 is 12.1 Å². The monoisotopic (exact) mass is 288 g/mol. The average Bonchev–Trinajstić information content (AvgIpc) is 2.73. The molecule has 0 aromatic carbocycles. The zero-order valence-electron chi connectivity index (χ0n) is 11.2. The summed E-state index contributed by atoms with van der Waals surface area (Å²) in [7, 11) is 0. The third-order valence-electron chi connectivity index (χ3n) is 2.94. The number of alkyl halides is 3. The maximum Gasteiger partial charge on any atom is 0.418 e. The van der Waals surface area contributed by atoms with E-state index in [9.17, 15) is 18.0 Å². The van der Waals surface area contributed by atoms with Gasteiger partial charge in [0.05, 0.1) is 22.6 Å². The van der Waals surface area contributed by atoms with Gasteiger partial charge in [0.25, 0.3) is 0 Å². The number of nitriles is 1. The minimum Gasteiger partial charge on any atom is -0.478 e. The summed E-state index contributed by atoms with van der Waals surface area (Å²) in [5, 5.41) is 17.6. The summed E-state index contributed by atoms with van der Waals surface area (Å²) in [6.07, 6.45) is -1.91. The number of aromatic nitrogens is 1. The highest BCUT2D eigenvalue weighted by atomic mass is 19.4. The molecule has 0 amide bonds. The molecule has 1 aromatic heterocycles. The number of aromatic carboxylic acids is 1. The molecule has 7 heteroatoms. The quantitative estimate of drug-likeness (QED) is 0.901. The highest BCUT2D eigenvalue weighted by molar-refractivity contribution is 5.89. The lowest BCUT2D eigenvalue weighted by Crippen LogP contribution is -2.10. The van der Waals surface area contributed by atoms with E-state index in [4.69, 9.17) is 10.4 Å². The fourth-order valence-electron chi connectivity index (χ4n) is 1.79. The van der Waals surface area contributed by atoms with Crippen LogP contribution in [-0.4, -0.2) is 15.6 Å². The molecule has 0 saturated carbocycles. The average molecular weight is 288 g/mol. The second-order valence-corrected chi connectivity index (χ2v) is 5.23. The second kappa shape index (κ2) is 5.57. The zero-order valence-corrected chi connectivity index (χ0v) is 11.2. The summed E-state index contributed by atoms with van der Waals surface area (Å²) < 4.78 is 39.2. The molecule has 1 rings (SSSR count). The minimum absolute atomic E-state index is 0.238. The first-order valence-corrected chi connectivity index (χ1v) is 5.98. The van der Waals surface area contributed by atoms with E-state index >= 15 is 0 Å². The lowest BCUT2D eigenvalue weighted by atomic mass is 9.90. The Labute approximate surface area is 114 Å². The third kappa shape index (κ3) is 4.02. The van der Waals surface area contributed by atoms with Crippen molar-refractivity contribution in [3.8, 4) is 6.07 Å². The van der Waals surface area contributed by atoms with Gasteiger partial charge in [-0.15, -0.1) is 0 Å². The van der Waals surface area contributed by atoms with Gasteiger partial charge < -0.3 is 9.67 Å². The molecule has 0 bridgehead atoms. The van der Waals surface area contributed by atoms with Crippen molar-refractivity contribution in [3.63, 3.8) is 0 Å². The van der Waals surface area contributed by atoms with E-state index in [1.54, 1.807) is 13.8 Å². The summed E-state index contributed by atoms with van der Waals surface area (Å²) in [6, 6.07) is 2.10. The molecule has 110 valence electrons. The maximum atomic E-state index is 12.7. The van der Waals surface area contributed by atoms with Gasteiger partial charge in [-0.2, -0.15) is 18.4 Å². The smallest absolute Gasteiger partial charge is 0.418 e. The molecule has 0 fully saturated rings. The van der Waals surface area contributed by atoms with Gasteiger partial charge in [0.2, 0.25) is 0 Å². The van der Waals surface area contributed by atoms with Crippen molar-refractivity contribution in [1.29, 1.82) is 5.26 Å². The lowest BCUT2D eigenvalue weighted by molar-refractivity contribution is -0.138. The molecular weight excluding hydrogens is 273 g/mol. The van der Waals surface area contributed by atoms with Crippen LogP contribution in [0, 0.1) is 16.7 Å². The summed E-state index contributed by atoms with van der Waals surface area (Å²) in [6.45, 7) is 3.72. The first-order chi connectivity index (χ1) is 9.07. The number of nitrogens with zero attached hydrogens (tertiary/aromatic N) is 2. The molecule has 4 nitrogen and oxygen atoms in total. The third-order valence-corrected chi connectivity index (χ3v) is 2.94. The van der Waals surface area contributed by atoms with E-state index < -0.39 is 28.7 Å². The molecule has 0 spiro atoms. The van der Waals surface area contributed by atoms with Crippen LogP contribution >= 0.6 is 0 Å². The first-order valence-electron chi connectivity index (χ1n) is 5.98. The van der Waals surface area contributed by atoms with Crippen LogP contribution in [0.3, 0.4) is 0 Å². The lowest BCUT2D eigenvalue weighted by Gasteiger charge is -2.14. The van der Waals surface area contributed by atoms with Crippen LogP contribution in [0.1, 0.15) is 42.6 Å². The van der Waals surface area contributed by atoms with Crippen molar-refractivity contribution in [1.82, 2.24) is 4.57 Å². The Bertz CT molecular complexity index is 539. The largest absolute Gasteiger partial charge is 0.478 e. The van der Waals surface area contributed by atoms with Crippen LogP contribution in [0.5, 0.6) is 0 Å². The Hall–Kier alpha value is -1.97. The Morgan fingerprint density at radius 2 is 2.00 bits per heavy atom. The normalized spacial score (nSPS) is 12.2. The summed E-state index contributed by atoms with van der Waals surface area (Å²) in [5.41, 5.74) is -2.45. The topological polar surface area (TPSA) is 66.0 Å². The first kappa shape index (κ1) is 16.1. The number of hydrogen-bond donors (Lipinski definition) is 1. The maximum absolute atomic E-state index is 12.7. The molecule has 1 aromatic rings. The molecule has 0 atom stereocenters. The van der Waals surface area contributed by atoms with Crippen molar-refractivity contribution >= 4 is 5.97 Å². The molecule has 0 radical (unpaired) electrons. The van der Waals surface area contributed by atoms with Crippen LogP contribution in [-0.2, 0) is 12.7 Å². The summed E-state index contributed by atoms with van der Waals surface area (Å²) in [5.74, 6) is -1.60. The molecule has 0 unspecified atom stereocenters. The van der Waals surface area contributed by atoms with E-state index in [2.05, 4.69) is 6.07 Å². The van der Waals surface area contributed by atoms with Crippen LogP contribution in [0.15, 0.2) is 12.4 Å². The summed E-state index contributed by atoms with van der Waals surface area (Å²) >= 11 is 0. The fraction of sp³-hybridized carbons (Fsp3) is 0.538. The number of halogens is 3. The molecule has 0 saturated heterocycles. The summed E-state index contributed by atoms with van der Waals surface area (Å²) in [4.78, 5) is 10.8. The zero-order chi connectivity index (χ0) is 15.6. The highest BCUT2D eigenvalue weighted by Crippen LogP contribution is 2.33. The predicted octanol–water partition coefficient (Wildman–Crippen LogP) is 3.54. The van der Waals surface area contributed by atoms with Crippen LogP contribution in [0.4, 0.5) is 13.2 Å². The molecule has 20 heavy (non-hydrogen) atoms. The molecule has 0 aliphatic rings. The van der Waals surface area contributed by atoms with Gasteiger partial charge in [0.15, 0.2) is 0 Å². The highest BCUT2D eigenvalue weighted by Gasteiger charge is 2.36. The van der Waals surface area contributed by atoms with Crippen molar-refractivity contribution in [2.24, 2.45) is 5.41 Å². The Morgan fingerprint density at radius 3 is 2.40 bits per heavy atom. The number of carboxylic acids is 1. The molecule has 1 heterocycles. The van der Waals surface area contributed by atoms with E-state index in [1.807, 2.05) is 0 Å². The minimum atomic E-state index is -4.69. The number of carboxylic acid groups (broad SMARTS) is 1. The number of carbonyl (C=O) groups is 1. The van der Waals surface area contributed by atoms with Crippen molar-refractivity contribution in [2.75, 3.05) is 0 Å².